The number of hydrogen-bond acceptors (Lipinski definition) is 4. The van der Waals surface area contributed by atoms with Crippen LogP contribution in [-0.2, 0) is 0 Å². The van der Waals surface area contributed by atoms with Crippen LogP contribution >= 0.6 is 25.2 Å². The number of hydrogen-bond donors (Lipinski definition) is 0. The molecular formula is C12H16BrLiO4P. The van der Waals surface area contributed by atoms with Gasteiger partial charge in [-0.15, -0.1) is 9.24 Å². The monoisotopic (exact) mass is 341 g/mol. The minimum absolute atomic E-state index is 0. The van der Waals surface area contributed by atoms with Gasteiger partial charge in [0.15, 0.2) is 17.3 Å². The van der Waals surface area contributed by atoms with Crippen molar-refractivity contribution in [2.75, 3.05) is 27.5 Å². The molecule has 4 nitrogen and oxygen atoms in total. The quantitative estimate of drug-likeness (QED) is 0.453. The van der Waals surface area contributed by atoms with E-state index in [9.17, 15) is 4.79 Å². The van der Waals surface area contributed by atoms with E-state index in [4.69, 9.17) is 14.2 Å². The largest absolute Gasteiger partial charge is 0.495 e. The van der Waals surface area contributed by atoms with Gasteiger partial charge in [-0.2, -0.15) is 0 Å². The molecule has 0 aliphatic rings. The first-order valence-corrected chi connectivity index (χ1v) is 6.93. The van der Waals surface area contributed by atoms with Crippen LogP contribution in [-0.4, -0.2) is 52.1 Å². The van der Waals surface area contributed by atoms with Crippen LogP contribution in [0, 0.1) is 0 Å². The van der Waals surface area contributed by atoms with E-state index in [1.807, 2.05) is 0 Å². The fourth-order valence-corrected chi connectivity index (χ4v) is 2.49. The van der Waals surface area contributed by atoms with Crippen molar-refractivity contribution in [2.45, 2.75) is 6.42 Å². The van der Waals surface area contributed by atoms with Crippen LogP contribution < -0.4 is 14.2 Å². The van der Waals surface area contributed by atoms with Crippen LogP contribution in [0.15, 0.2) is 10.5 Å². The molecule has 0 fully saturated rings. The first-order chi connectivity index (χ1) is 8.60. The fraction of sp³-hybridized carbons (Fsp3) is 0.417. The Morgan fingerprint density at radius 2 is 1.79 bits per heavy atom. The van der Waals surface area contributed by atoms with Crippen LogP contribution in [0.4, 0.5) is 0 Å². The van der Waals surface area contributed by atoms with Crippen molar-refractivity contribution in [3.05, 3.63) is 16.1 Å². The fourth-order valence-electron chi connectivity index (χ4n) is 1.66. The first-order valence-electron chi connectivity index (χ1n) is 5.32. The summed E-state index contributed by atoms with van der Waals surface area (Å²) in [5, 5.41) is 0. The first kappa shape index (κ1) is 18.8. The molecule has 0 aromatic heterocycles. The third-order valence-corrected chi connectivity index (χ3v) is 3.31. The minimum atomic E-state index is -0.0432. The molecule has 1 aromatic carbocycles. The molecule has 19 heavy (non-hydrogen) atoms. The van der Waals surface area contributed by atoms with Gasteiger partial charge in [0.2, 0.25) is 0 Å². The van der Waals surface area contributed by atoms with E-state index in [0.29, 0.717) is 39.9 Å². The van der Waals surface area contributed by atoms with Gasteiger partial charge < -0.3 is 14.2 Å². The number of halogens is 1. The maximum atomic E-state index is 12.2. The average molecular weight is 342 g/mol. The number of ketones is 1. The second kappa shape index (κ2) is 8.87. The summed E-state index contributed by atoms with van der Waals surface area (Å²) in [6.07, 6.45) is 1.08. The topological polar surface area (TPSA) is 44.8 Å². The number of Topliss-reactive ketones (excluding diaryl/α,β-unsaturated/α-hetero) is 1. The summed E-state index contributed by atoms with van der Waals surface area (Å²) in [6, 6.07) is 1.72. The summed E-state index contributed by atoms with van der Waals surface area (Å²) in [7, 11) is 7.08. The van der Waals surface area contributed by atoms with E-state index in [1.54, 1.807) is 6.07 Å². The van der Waals surface area contributed by atoms with Crippen LogP contribution in [0.1, 0.15) is 16.8 Å². The predicted octanol–water partition coefficient (Wildman–Crippen LogP) is 2.54. The van der Waals surface area contributed by atoms with Crippen molar-refractivity contribution in [2.24, 2.45) is 0 Å². The van der Waals surface area contributed by atoms with Crippen molar-refractivity contribution in [1.82, 2.24) is 0 Å². The van der Waals surface area contributed by atoms with E-state index in [-0.39, 0.29) is 24.6 Å². The SMILES string of the molecule is COc1cc(Br)c(OC)c(C(=O)CCP)c1OC.[Li]. The van der Waals surface area contributed by atoms with Crippen LogP contribution in [0.2, 0.25) is 0 Å². The van der Waals surface area contributed by atoms with E-state index in [0.717, 1.165) is 0 Å². The maximum Gasteiger partial charge on any atom is 0.175 e. The zero-order chi connectivity index (χ0) is 13.7. The Hall–Kier alpha value is -0.203. The Balaban J connectivity index is 0.00000324. The number of methoxy groups -OCH3 is 3. The molecule has 0 amide bonds. The molecule has 1 radical (unpaired) electrons. The van der Waals surface area contributed by atoms with Gasteiger partial charge in [0.25, 0.3) is 0 Å². The number of carbonyl (C=O) groups excluding carboxylic acids is 1. The smallest absolute Gasteiger partial charge is 0.175 e. The summed E-state index contributed by atoms with van der Waals surface area (Å²) in [4.78, 5) is 12.2. The van der Waals surface area contributed by atoms with Gasteiger partial charge in [0, 0.05) is 31.3 Å². The minimum Gasteiger partial charge on any atom is -0.495 e. The molecule has 1 rings (SSSR count). The molecule has 0 saturated heterocycles. The Morgan fingerprint density at radius 1 is 1.21 bits per heavy atom. The molecule has 0 spiro atoms. The standard InChI is InChI=1S/C12H16BrO4P.Li/c1-15-9-6-7(13)11(16-2)10(12(9)17-3)8(14)4-5-18;/h6H,4-5,18H2,1-3H3;. The van der Waals surface area contributed by atoms with E-state index in [2.05, 4.69) is 25.2 Å². The van der Waals surface area contributed by atoms with E-state index in [1.165, 1.54) is 21.3 Å². The summed E-state index contributed by atoms with van der Waals surface area (Å²) in [5.74, 6) is 1.33. The second-order valence-electron chi connectivity index (χ2n) is 3.46. The van der Waals surface area contributed by atoms with Gasteiger partial charge >= 0.3 is 0 Å². The molecule has 0 saturated carbocycles. The summed E-state index contributed by atoms with van der Waals surface area (Å²) in [5.41, 5.74) is 0.411. The molecule has 0 bridgehead atoms. The molecule has 1 aromatic rings. The van der Waals surface area contributed by atoms with Gasteiger partial charge in [-0.05, 0) is 22.1 Å². The molecule has 0 N–H and O–H groups in total. The van der Waals surface area contributed by atoms with Crippen LogP contribution in [0.25, 0.3) is 0 Å². The summed E-state index contributed by atoms with van der Waals surface area (Å²) >= 11 is 3.36. The normalized spacial score (nSPS) is 9.53. The van der Waals surface area contributed by atoms with Crippen molar-refractivity contribution < 1.29 is 19.0 Å². The van der Waals surface area contributed by atoms with Crippen molar-refractivity contribution in [3.63, 3.8) is 0 Å². The summed E-state index contributed by atoms with van der Waals surface area (Å²) < 4.78 is 16.4. The Bertz CT molecular complexity index is 454. The Kier molecular flexibility index (Phi) is 8.77. The zero-order valence-corrected chi connectivity index (χ0v) is 14.3. The average Bonchev–Trinajstić information content (AvgIpc) is 2.37. The van der Waals surface area contributed by atoms with Gasteiger partial charge in [-0.3, -0.25) is 4.79 Å². The van der Waals surface area contributed by atoms with Crippen LogP contribution in [0.5, 0.6) is 17.2 Å². The van der Waals surface area contributed by atoms with Gasteiger partial charge in [-0.25, -0.2) is 0 Å². The molecule has 1 atom stereocenters. The number of rotatable bonds is 6. The van der Waals surface area contributed by atoms with Gasteiger partial charge in [-0.1, -0.05) is 0 Å². The molecule has 101 valence electrons. The third kappa shape index (κ3) is 4.13. The molecule has 0 aliphatic carbocycles. The van der Waals surface area contributed by atoms with Crippen molar-refractivity contribution >= 4 is 49.8 Å². The molecule has 1 unspecified atom stereocenters. The Labute approximate surface area is 136 Å². The Morgan fingerprint density at radius 3 is 2.21 bits per heavy atom. The molecule has 0 heterocycles. The van der Waals surface area contributed by atoms with Crippen molar-refractivity contribution in [3.8, 4) is 17.2 Å². The van der Waals surface area contributed by atoms with E-state index >= 15 is 0 Å². The second-order valence-corrected chi connectivity index (χ2v) is 4.90. The summed E-state index contributed by atoms with van der Waals surface area (Å²) in [6.45, 7) is 0. The number of carbonyl (C=O) groups is 1. The zero-order valence-electron chi connectivity index (χ0n) is 11.6. The maximum absolute atomic E-state index is 12.2. The van der Waals surface area contributed by atoms with Crippen molar-refractivity contribution in [1.29, 1.82) is 0 Å². The van der Waals surface area contributed by atoms with E-state index < -0.39 is 0 Å². The predicted molar refractivity (Wildman–Crippen MR) is 83.1 cm³/mol. The van der Waals surface area contributed by atoms with Crippen LogP contribution in [0.3, 0.4) is 0 Å². The van der Waals surface area contributed by atoms with Gasteiger partial charge in [0.05, 0.1) is 25.8 Å². The molecule has 0 aliphatic heterocycles. The number of ether oxygens (including phenoxy) is 3. The molecular weight excluding hydrogens is 326 g/mol. The number of benzene rings is 1. The molecule has 7 heteroatoms. The third-order valence-electron chi connectivity index (χ3n) is 2.43. The van der Waals surface area contributed by atoms with Gasteiger partial charge in [0.1, 0.15) is 11.3 Å².